The third kappa shape index (κ3) is 4.41. The number of fused-ring (bicyclic) bond motifs is 1. The fourth-order valence-corrected chi connectivity index (χ4v) is 6.28. The van der Waals surface area contributed by atoms with Crippen molar-refractivity contribution in [2.24, 2.45) is 5.92 Å². The molecule has 1 aliphatic carbocycles. The van der Waals surface area contributed by atoms with E-state index in [1.54, 1.807) is 6.07 Å². The lowest BCUT2D eigenvalue weighted by atomic mass is 9.55. The predicted molar refractivity (Wildman–Crippen MR) is 132 cm³/mol. The molecule has 0 unspecified atom stereocenters. The number of phenols is 1. The van der Waals surface area contributed by atoms with Gasteiger partial charge in [-0.25, -0.2) is 0 Å². The van der Waals surface area contributed by atoms with Crippen molar-refractivity contribution >= 4 is 5.91 Å². The van der Waals surface area contributed by atoms with Crippen molar-refractivity contribution in [2.45, 2.75) is 56.6 Å². The second-order valence-corrected chi connectivity index (χ2v) is 10.4. The summed E-state index contributed by atoms with van der Waals surface area (Å²) in [5, 5.41) is 10.4. The lowest BCUT2D eigenvalue weighted by Crippen LogP contribution is -2.67. The minimum atomic E-state index is -0.344. The van der Waals surface area contributed by atoms with Crippen LogP contribution in [0.25, 0.3) is 0 Å². The fraction of sp³-hybridized carbons (Fsp3) is 0.536. The molecule has 0 radical (unpaired) electrons. The number of benzene rings is 2. The van der Waals surface area contributed by atoms with E-state index in [2.05, 4.69) is 36.8 Å². The molecule has 4 rings (SSSR count). The number of phenolic OH excluding ortho intramolecular Hbond substituents is 1. The van der Waals surface area contributed by atoms with Gasteiger partial charge >= 0.3 is 0 Å². The fourth-order valence-electron chi connectivity index (χ4n) is 6.28. The van der Waals surface area contributed by atoms with Gasteiger partial charge in [0.25, 0.3) is 5.91 Å². The zero-order chi connectivity index (χ0) is 23.6. The lowest BCUT2D eigenvalue weighted by Gasteiger charge is -2.60. The molecular formula is C28H38N2O3. The number of nitrogens with zero attached hydrogens (tertiary/aromatic N) is 2. The number of ether oxygens (including phenoxy) is 1. The van der Waals surface area contributed by atoms with Gasteiger partial charge in [-0.3, -0.25) is 4.79 Å². The van der Waals surface area contributed by atoms with Crippen LogP contribution in [0.15, 0.2) is 54.6 Å². The van der Waals surface area contributed by atoms with Crippen LogP contribution in [0.2, 0.25) is 0 Å². The molecule has 178 valence electrons. The van der Waals surface area contributed by atoms with Crippen LogP contribution < -0.4 is 0 Å². The highest BCUT2D eigenvalue weighted by molar-refractivity contribution is 5.94. The Morgan fingerprint density at radius 3 is 2.61 bits per heavy atom. The van der Waals surface area contributed by atoms with Crippen molar-refractivity contribution in [3.63, 3.8) is 0 Å². The number of hydrogen-bond donors (Lipinski definition) is 1. The van der Waals surface area contributed by atoms with E-state index in [0.29, 0.717) is 5.92 Å². The average molecular weight is 451 g/mol. The summed E-state index contributed by atoms with van der Waals surface area (Å²) < 4.78 is 6.38. The minimum absolute atomic E-state index is 0.109. The second-order valence-electron chi connectivity index (χ2n) is 10.4. The maximum Gasteiger partial charge on any atom is 0.254 e. The van der Waals surface area contributed by atoms with Gasteiger partial charge in [-0.05, 0) is 75.0 Å². The molecule has 1 saturated heterocycles. The van der Waals surface area contributed by atoms with Crippen LogP contribution in [0.1, 0.15) is 55.5 Å². The molecule has 0 aromatic heterocycles. The van der Waals surface area contributed by atoms with Gasteiger partial charge in [-0.1, -0.05) is 44.2 Å². The molecule has 0 bridgehead atoms. The first-order valence-electron chi connectivity index (χ1n) is 12.2. The van der Waals surface area contributed by atoms with Crippen molar-refractivity contribution in [3.8, 4) is 5.75 Å². The standard InChI is InChI=1S/C28H38N2O3/c1-21(2)19-30(26(32)22-9-6-5-7-10-22)24-13-14-28(33-4)20-29(3)16-15-27(28,18-24)23-11-8-12-25(31)17-23/h5-12,17,21,24,31H,13-16,18-20H2,1-4H3/t24-,27-,28-/m0/s1. The highest BCUT2D eigenvalue weighted by Gasteiger charge is 2.59. The van der Waals surface area contributed by atoms with Gasteiger partial charge in [0.15, 0.2) is 0 Å². The number of methoxy groups -OCH3 is 1. The minimum Gasteiger partial charge on any atom is -0.508 e. The number of likely N-dealkylation sites (tertiary alicyclic amines) is 1. The number of likely N-dealkylation sites (N-methyl/N-ethyl adjacent to an activating group) is 1. The van der Waals surface area contributed by atoms with E-state index in [0.717, 1.165) is 56.4 Å². The Balaban J connectivity index is 1.76. The topological polar surface area (TPSA) is 53.0 Å². The molecule has 2 aliphatic rings. The first-order valence-corrected chi connectivity index (χ1v) is 12.2. The Labute approximate surface area is 198 Å². The largest absolute Gasteiger partial charge is 0.508 e. The average Bonchev–Trinajstić information content (AvgIpc) is 2.82. The Hall–Kier alpha value is -2.37. The van der Waals surface area contributed by atoms with Crippen LogP contribution in [0, 0.1) is 5.92 Å². The monoisotopic (exact) mass is 450 g/mol. The SMILES string of the molecule is CO[C@]12CC[C@H](N(CC(C)C)C(=O)c3ccccc3)C[C@]1(c1cccc(O)c1)CCN(C)C2. The smallest absolute Gasteiger partial charge is 0.254 e. The van der Waals surface area contributed by atoms with Gasteiger partial charge in [0, 0.05) is 37.2 Å². The molecular weight excluding hydrogens is 412 g/mol. The van der Waals surface area contributed by atoms with Gasteiger partial charge < -0.3 is 19.6 Å². The first kappa shape index (κ1) is 23.8. The van der Waals surface area contributed by atoms with Crippen molar-refractivity contribution in [2.75, 3.05) is 33.8 Å². The van der Waals surface area contributed by atoms with Crippen molar-refractivity contribution in [3.05, 3.63) is 65.7 Å². The zero-order valence-corrected chi connectivity index (χ0v) is 20.5. The predicted octanol–water partition coefficient (Wildman–Crippen LogP) is 4.70. The second kappa shape index (κ2) is 9.47. The molecule has 0 spiro atoms. The molecule has 1 saturated carbocycles. The molecule has 5 heteroatoms. The number of amides is 1. The Morgan fingerprint density at radius 2 is 1.94 bits per heavy atom. The molecule has 2 aromatic rings. The molecule has 1 N–H and O–H groups in total. The summed E-state index contributed by atoms with van der Waals surface area (Å²) in [6.07, 6.45) is 3.56. The molecule has 33 heavy (non-hydrogen) atoms. The molecule has 5 nitrogen and oxygen atoms in total. The number of piperidine rings is 1. The maximum atomic E-state index is 13.7. The summed E-state index contributed by atoms with van der Waals surface area (Å²) >= 11 is 0. The maximum absolute atomic E-state index is 13.7. The third-order valence-electron chi connectivity index (χ3n) is 7.86. The van der Waals surface area contributed by atoms with E-state index in [4.69, 9.17) is 4.74 Å². The quantitative estimate of drug-likeness (QED) is 0.693. The first-order chi connectivity index (χ1) is 15.8. The Kier molecular flexibility index (Phi) is 6.83. The van der Waals surface area contributed by atoms with Gasteiger partial charge in [-0.15, -0.1) is 0 Å². The summed E-state index contributed by atoms with van der Waals surface area (Å²) in [6, 6.07) is 17.5. The van der Waals surface area contributed by atoms with Gasteiger partial charge in [0.2, 0.25) is 0 Å². The van der Waals surface area contributed by atoms with Crippen LogP contribution in [0.4, 0.5) is 0 Å². The van der Waals surface area contributed by atoms with Gasteiger partial charge in [0.05, 0.1) is 5.60 Å². The van der Waals surface area contributed by atoms with Crippen LogP contribution in [0.5, 0.6) is 5.75 Å². The molecule has 1 aliphatic heterocycles. The van der Waals surface area contributed by atoms with Crippen LogP contribution in [-0.2, 0) is 10.2 Å². The number of aromatic hydroxyl groups is 1. The highest BCUT2D eigenvalue weighted by atomic mass is 16.5. The summed E-state index contributed by atoms with van der Waals surface area (Å²) in [5.41, 5.74) is 1.27. The summed E-state index contributed by atoms with van der Waals surface area (Å²) in [5.74, 6) is 0.770. The highest BCUT2D eigenvalue weighted by Crippen LogP contribution is 2.54. The van der Waals surface area contributed by atoms with E-state index in [1.165, 1.54) is 0 Å². The van der Waals surface area contributed by atoms with Gasteiger partial charge in [-0.2, -0.15) is 0 Å². The lowest BCUT2D eigenvalue weighted by molar-refractivity contribution is -0.150. The number of rotatable bonds is 6. The summed E-state index contributed by atoms with van der Waals surface area (Å²) in [7, 11) is 3.99. The normalized spacial score (nSPS) is 27.8. The molecule has 1 heterocycles. The zero-order valence-electron chi connectivity index (χ0n) is 20.5. The molecule has 3 atom stereocenters. The van der Waals surface area contributed by atoms with Crippen molar-refractivity contribution in [1.82, 2.24) is 9.80 Å². The van der Waals surface area contributed by atoms with E-state index in [-0.39, 0.29) is 28.7 Å². The van der Waals surface area contributed by atoms with E-state index in [1.807, 2.05) is 49.6 Å². The van der Waals surface area contributed by atoms with E-state index >= 15 is 0 Å². The van der Waals surface area contributed by atoms with Crippen LogP contribution in [-0.4, -0.2) is 66.2 Å². The number of carbonyl (C=O) groups excluding carboxylic acids is 1. The van der Waals surface area contributed by atoms with E-state index in [9.17, 15) is 9.90 Å². The number of hydrogen-bond acceptors (Lipinski definition) is 4. The Bertz CT molecular complexity index is 963. The molecule has 2 aromatic carbocycles. The Morgan fingerprint density at radius 1 is 1.18 bits per heavy atom. The summed E-state index contributed by atoms with van der Waals surface area (Å²) in [4.78, 5) is 18.1. The van der Waals surface area contributed by atoms with Crippen molar-refractivity contribution < 1.29 is 14.6 Å². The summed E-state index contributed by atoms with van der Waals surface area (Å²) in [6.45, 7) is 6.89. The van der Waals surface area contributed by atoms with E-state index < -0.39 is 0 Å². The van der Waals surface area contributed by atoms with Gasteiger partial charge in [0.1, 0.15) is 5.75 Å². The van der Waals surface area contributed by atoms with Crippen LogP contribution in [0.3, 0.4) is 0 Å². The molecule has 2 fully saturated rings. The number of carbonyl (C=O) groups is 1. The van der Waals surface area contributed by atoms with Crippen LogP contribution >= 0.6 is 0 Å². The van der Waals surface area contributed by atoms with Crippen molar-refractivity contribution in [1.29, 1.82) is 0 Å². The third-order valence-corrected chi connectivity index (χ3v) is 7.86. The molecule has 1 amide bonds.